The molecule has 1 aromatic heterocycles. The number of aromatic hydroxyl groups is 1. The van der Waals surface area contributed by atoms with Crippen molar-refractivity contribution in [3.05, 3.63) is 75.6 Å². The number of thioether (sulfide) groups is 1. The maximum atomic E-state index is 13.0. The first-order valence-corrected chi connectivity index (χ1v) is 11.0. The Morgan fingerprint density at radius 1 is 1.23 bits per heavy atom. The summed E-state index contributed by atoms with van der Waals surface area (Å²) in [6.07, 6.45) is 0.122. The summed E-state index contributed by atoms with van der Waals surface area (Å²) in [6.45, 7) is 2.22. The van der Waals surface area contributed by atoms with Crippen LogP contribution in [0, 0.1) is 0 Å². The molecule has 1 amide bonds. The van der Waals surface area contributed by atoms with Crippen LogP contribution < -0.4 is 15.6 Å². The van der Waals surface area contributed by atoms with Crippen LogP contribution in [0.15, 0.2) is 58.5 Å². The van der Waals surface area contributed by atoms with Crippen LogP contribution in [0.2, 0.25) is 0 Å². The lowest BCUT2D eigenvalue weighted by Gasteiger charge is -2.27. The van der Waals surface area contributed by atoms with Gasteiger partial charge in [0.1, 0.15) is 5.82 Å². The summed E-state index contributed by atoms with van der Waals surface area (Å²) >= 11 is 1.44. The number of benzene rings is 2. The van der Waals surface area contributed by atoms with E-state index in [0.717, 1.165) is 11.1 Å². The fourth-order valence-corrected chi connectivity index (χ4v) is 4.61. The predicted octanol–water partition coefficient (Wildman–Crippen LogP) is 3.65. The van der Waals surface area contributed by atoms with Crippen LogP contribution >= 0.6 is 11.8 Å². The molecule has 2 aromatic carbocycles. The normalized spacial score (nSPS) is 15.3. The van der Waals surface area contributed by atoms with E-state index in [1.54, 1.807) is 23.7 Å². The Bertz CT molecular complexity index is 1180. The number of hydrogen-bond acceptors (Lipinski definition) is 6. The molecule has 0 saturated carbocycles. The van der Waals surface area contributed by atoms with E-state index in [9.17, 15) is 14.7 Å². The predicted molar refractivity (Wildman–Crippen MR) is 120 cm³/mol. The van der Waals surface area contributed by atoms with Gasteiger partial charge in [-0.05, 0) is 30.2 Å². The van der Waals surface area contributed by atoms with Gasteiger partial charge in [0.15, 0.2) is 16.7 Å². The fourth-order valence-electron chi connectivity index (χ4n) is 3.69. The molecule has 0 saturated heterocycles. The summed E-state index contributed by atoms with van der Waals surface area (Å²) < 4.78 is 7.24. The highest BCUT2D eigenvalue weighted by Crippen LogP contribution is 2.39. The number of rotatable bonds is 6. The molecule has 2 heterocycles. The van der Waals surface area contributed by atoms with E-state index in [2.05, 4.69) is 10.3 Å². The third kappa shape index (κ3) is 4.29. The van der Waals surface area contributed by atoms with Gasteiger partial charge in [-0.25, -0.2) is 0 Å². The van der Waals surface area contributed by atoms with Crippen LogP contribution in [0.4, 0.5) is 5.82 Å². The molecule has 0 fully saturated rings. The number of carbonyl (C=O) groups is 1. The summed E-state index contributed by atoms with van der Waals surface area (Å²) in [5.74, 6) is 0.819. The van der Waals surface area contributed by atoms with E-state index in [0.29, 0.717) is 34.6 Å². The lowest BCUT2D eigenvalue weighted by atomic mass is 9.86. The molecule has 1 aliphatic heterocycles. The van der Waals surface area contributed by atoms with Crippen LogP contribution in [0.3, 0.4) is 0 Å². The Labute approximate surface area is 184 Å². The van der Waals surface area contributed by atoms with E-state index in [4.69, 9.17) is 4.74 Å². The van der Waals surface area contributed by atoms with Crippen molar-refractivity contribution in [2.75, 3.05) is 11.9 Å². The van der Waals surface area contributed by atoms with Gasteiger partial charge < -0.3 is 19.7 Å². The smallest absolute Gasteiger partial charge is 0.279 e. The Balaban J connectivity index is 1.73. The van der Waals surface area contributed by atoms with Gasteiger partial charge >= 0.3 is 0 Å². The average molecular weight is 438 g/mol. The van der Waals surface area contributed by atoms with Gasteiger partial charge in [-0.1, -0.05) is 48.2 Å². The van der Waals surface area contributed by atoms with Crippen molar-refractivity contribution in [3.63, 3.8) is 0 Å². The van der Waals surface area contributed by atoms with Crippen molar-refractivity contribution in [2.24, 2.45) is 7.05 Å². The Kier molecular flexibility index (Phi) is 5.99. The van der Waals surface area contributed by atoms with E-state index < -0.39 is 5.92 Å². The Morgan fingerprint density at radius 3 is 2.74 bits per heavy atom. The summed E-state index contributed by atoms with van der Waals surface area (Å²) in [6, 6.07) is 14.8. The summed E-state index contributed by atoms with van der Waals surface area (Å²) in [5, 5.41) is 13.4. The number of ether oxygens (including phenoxy) is 1. The first kappa shape index (κ1) is 21.0. The highest BCUT2D eigenvalue weighted by Gasteiger charge is 2.32. The van der Waals surface area contributed by atoms with Gasteiger partial charge in [-0.2, -0.15) is 4.98 Å². The number of anilines is 1. The lowest BCUT2D eigenvalue weighted by Crippen LogP contribution is -2.33. The molecule has 0 unspecified atom stereocenters. The SMILES string of the molecule is CCOc1cc([C@@H]2CC(=O)Nc3c2c(=O)nc(SCc2ccccc2)n3C)ccc1O. The summed E-state index contributed by atoms with van der Waals surface area (Å²) in [4.78, 5) is 29.9. The standard InChI is InChI=1S/C23H23N3O4S/c1-3-30-18-11-15(9-10-17(18)27)16-12-19(28)24-21-20(16)22(29)25-23(26(21)2)31-13-14-7-5-4-6-8-14/h4-11,16,27H,3,12-13H2,1-2H3,(H,24,28)/t16-/m0/s1. The summed E-state index contributed by atoms with van der Waals surface area (Å²) in [7, 11) is 1.80. The largest absolute Gasteiger partial charge is 0.504 e. The van der Waals surface area contributed by atoms with E-state index in [1.165, 1.54) is 17.8 Å². The number of phenols is 1. The highest BCUT2D eigenvalue weighted by atomic mass is 32.2. The minimum Gasteiger partial charge on any atom is -0.504 e. The zero-order valence-electron chi connectivity index (χ0n) is 17.3. The van der Waals surface area contributed by atoms with Crippen LogP contribution in [-0.4, -0.2) is 27.2 Å². The second kappa shape index (κ2) is 8.85. The van der Waals surface area contributed by atoms with E-state index in [-0.39, 0.29) is 23.6 Å². The monoisotopic (exact) mass is 437 g/mol. The van der Waals surface area contributed by atoms with Crippen molar-refractivity contribution in [1.82, 2.24) is 9.55 Å². The topological polar surface area (TPSA) is 93.5 Å². The van der Waals surface area contributed by atoms with Gasteiger partial charge in [-0.3, -0.25) is 9.59 Å². The van der Waals surface area contributed by atoms with Crippen LogP contribution in [0.25, 0.3) is 0 Å². The number of nitrogens with one attached hydrogen (secondary N) is 1. The van der Waals surface area contributed by atoms with Crippen molar-refractivity contribution in [3.8, 4) is 11.5 Å². The molecule has 0 bridgehead atoms. The summed E-state index contributed by atoms with van der Waals surface area (Å²) in [5.41, 5.74) is 1.92. The number of aromatic nitrogens is 2. The minimum atomic E-state index is -0.470. The Morgan fingerprint density at radius 2 is 2.00 bits per heavy atom. The molecule has 2 N–H and O–H groups in total. The van der Waals surface area contributed by atoms with Crippen molar-refractivity contribution in [1.29, 1.82) is 0 Å². The Hall–Kier alpha value is -3.26. The number of fused-ring (bicyclic) bond motifs is 1. The quantitative estimate of drug-likeness (QED) is 0.452. The molecule has 31 heavy (non-hydrogen) atoms. The molecule has 0 spiro atoms. The molecule has 160 valence electrons. The van der Waals surface area contributed by atoms with Crippen LogP contribution in [-0.2, 0) is 17.6 Å². The molecule has 4 rings (SSSR count). The second-order valence-corrected chi connectivity index (χ2v) is 8.20. The fraction of sp³-hybridized carbons (Fsp3) is 0.261. The second-order valence-electron chi connectivity index (χ2n) is 7.26. The highest BCUT2D eigenvalue weighted by molar-refractivity contribution is 7.98. The molecular formula is C23H23N3O4S. The van der Waals surface area contributed by atoms with Crippen molar-refractivity contribution < 1.29 is 14.6 Å². The van der Waals surface area contributed by atoms with Crippen molar-refractivity contribution >= 4 is 23.5 Å². The number of nitrogens with zero attached hydrogens (tertiary/aromatic N) is 2. The molecule has 0 aliphatic carbocycles. The number of phenolic OH excluding ortho intramolecular Hbond substituents is 1. The third-order valence-corrected chi connectivity index (χ3v) is 6.30. The van der Waals surface area contributed by atoms with E-state index in [1.807, 2.05) is 37.3 Å². The zero-order chi connectivity index (χ0) is 22.0. The van der Waals surface area contributed by atoms with E-state index >= 15 is 0 Å². The third-order valence-electron chi connectivity index (χ3n) is 5.20. The number of amides is 1. The molecular weight excluding hydrogens is 414 g/mol. The van der Waals surface area contributed by atoms with Gasteiger partial charge in [-0.15, -0.1) is 0 Å². The molecule has 0 radical (unpaired) electrons. The first-order chi connectivity index (χ1) is 15.0. The van der Waals surface area contributed by atoms with Gasteiger partial charge in [0, 0.05) is 25.1 Å². The molecule has 8 heteroatoms. The number of hydrogen-bond donors (Lipinski definition) is 2. The maximum absolute atomic E-state index is 13.0. The molecule has 7 nitrogen and oxygen atoms in total. The van der Waals surface area contributed by atoms with Crippen LogP contribution in [0.5, 0.6) is 11.5 Å². The zero-order valence-corrected chi connectivity index (χ0v) is 18.1. The maximum Gasteiger partial charge on any atom is 0.279 e. The number of carbonyl (C=O) groups excluding carboxylic acids is 1. The molecule has 1 atom stereocenters. The minimum absolute atomic E-state index is 0.0183. The van der Waals surface area contributed by atoms with Gasteiger partial charge in [0.2, 0.25) is 5.91 Å². The van der Waals surface area contributed by atoms with Gasteiger partial charge in [0.25, 0.3) is 5.56 Å². The molecule has 3 aromatic rings. The average Bonchev–Trinajstić information content (AvgIpc) is 2.77. The van der Waals surface area contributed by atoms with Gasteiger partial charge in [0.05, 0.1) is 12.2 Å². The first-order valence-electron chi connectivity index (χ1n) is 10.0. The van der Waals surface area contributed by atoms with Crippen molar-refractivity contribution in [2.45, 2.75) is 30.2 Å². The van der Waals surface area contributed by atoms with Crippen LogP contribution in [0.1, 0.15) is 36.0 Å². The molecule has 1 aliphatic rings. The lowest BCUT2D eigenvalue weighted by molar-refractivity contribution is -0.116.